The maximum Gasteiger partial charge on any atom is 0.219 e. The van der Waals surface area contributed by atoms with Crippen LogP contribution in [-0.2, 0) is 12.8 Å². The van der Waals surface area contributed by atoms with Crippen LogP contribution in [0.25, 0.3) is 38.8 Å². The standard InChI is InChI=1S/C32H27N3O/c1-3-22-14-16-33-31(18-22)35-29-11-6-5-10-27(29)28-13-12-25(21-30(28)35)24-8-7-9-26(20-24)36-32-19-23(4-2)15-17-34-32/h5-21H,3-4H2,1-2H3. The molecule has 0 atom stereocenters. The third-order valence-corrected chi connectivity index (χ3v) is 6.72. The highest BCUT2D eigenvalue weighted by Gasteiger charge is 2.14. The molecule has 6 rings (SSSR count). The number of rotatable bonds is 6. The molecule has 0 amide bonds. The molecule has 0 radical (unpaired) electrons. The summed E-state index contributed by atoms with van der Waals surface area (Å²) in [6.45, 7) is 4.30. The van der Waals surface area contributed by atoms with E-state index in [9.17, 15) is 0 Å². The van der Waals surface area contributed by atoms with E-state index in [-0.39, 0.29) is 0 Å². The van der Waals surface area contributed by atoms with Crippen molar-refractivity contribution in [3.05, 3.63) is 115 Å². The highest BCUT2D eigenvalue weighted by Crippen LogP contribution is 2.35. The molecule has 0 unspecified atom stereocenters. The Morgan fingerprint density at radius 2 is 1.39 bits per heavy atom. The molecule has 0 saturated carbocycles. The van der Waals surface area contributed by atoms with E-state index in [0.29, 0.717) is 5.88 Å². The lowest BCUT2D eigenvalue weighted by atomic mass is 10.0. The van der Waals surface area contributed by atoms with Gasteiger partial charge in [0.1, 0.15) is 11.6 Å². The summed E-state index contributed by atoms with van der Waals surface area (Å²) in [5, 5.41) is 2.44. The van der Waals surface area contributed by atoms with Crippen molar-refractivity contribution < 1.29 is 4.74 Å². The second kappa shape index (κ2) is 9.31. The number of para-hydroxylation sites is 1. The molecule has 0 aliphatic carbocycles. The zero-order chi connectivity index (χ0) is 24.5. The molecule has 0 aliphatic heterocycles. The van der Waals surface area contributed by atoms with E-state index < -0.39 is 0 Å². The van der Waals surface area contributed by atoms with Crippen molar-refractivity contribution in [1.82, 2.24) is 14.5 Å². The van der Waals surface area contributed by atoms with E-state index in [2.05, 4.69) is 90.1 Å². The Hall–Kier alpha value is -4.44. The van der Waals surface area contributed by atoms with E-state index in [0.717, 1.165) is 46.6 Å². The molecular formula is C32H27N3O. The molecule has 0 N–H and O–H groups in total. The van der Waals surface area contributed by atoms with Crippen LogP contribution in [0.15, 0.2) is 103 Å². The lowest BCUT2D eigenvalue weighted by Gasteiger charge is -2.10. The van der Waals surface area contributed by atoms with E-state index in [1.807, 2.05) is 30.5 Å². The van der Waals surface area contributed by atoms with E-state index in [1.54, 1.807) is 6.20 Å². The van der Waals surface area contributed by atoms with Crippen LogP contribution in [0.2, 0.25) is 0 Å². The summed E-state index contributed by atoms with van der Waals surface area (Å²) in [4.78, 5) is 9.12. The molecule has 0 fully saturated rings. The van der Waals surface area contributed by atoms with Gasteiger partial charge < -0.3 is 4.74 Å². The predicted octanol–water partition coefficient (Wildman–Crippen LogP) is 8.16. The maximum atomic E-state index is 6.11. The number of aryl methyl sites for hydroxylation is 2. The van der Waals surface area contributed by atoms with Gasteiger partial charge in [-0.3, -0.25) is 4.57 Å². The molecule has 0 spiro atoms. The molecule has 0 saturated heterocycles. The quantitative estimate of drug-likeness (QED) is 0.247. The minimum Gasteiger partial charge on any atom is -0.439 e. The number of fused-ring (bicyclic) bond motifs is 3. The molecule has 0 aliphatic rings. The summed E-state index contributed by atoms with van der Waals surface area (Å²) in [5.41, 5.74) is 6.98. The highest BCUT2D eigenvalue weighted by molar-refractivity contribution is 6.10. The molecule has 3 aromatic carbocycles. The van der Waals surface area contributed by atoms with Crippen molar-refractivity contribution in [2.75, 3.05) is 0 Å². The lowest BCUT2D eigenvalue weighted by Crippen LogP contribution is -1.98. The molecule has 6 aromatic rings. The van der Waals surface area contributed by atoms with Gasteiger partial charge >= 0.3 is 0 Å². The van der Waals surface area contributed by atoms with E-state index in [1.165, 1.54) is 21.9 Å². The van der Waals surface area contributed by atoms with Crippen molar-refractivity contribution in [2.45, 2.75) is 26.7 Å². The minimum absolute atomic E-state index is 0.615. The Labute approximate surface area is 210 Å². The van der Waals surface area contributed by atoms with Gasteiger partial charge in [0.25, 0.3) is 0 Å². The fourth-order valence-corrected chi connectivity index (χ4v) is 4.79. The first kappa shape index (κ1) is 22.1. The second-order valence-corrected chi connectivity index (χ2v) is 8.95. The molecule has 3 aromatic heterocycles. The van der Waals surface area contributed by atoms with Crippen molar-refractivity contribution in [1.29, 1.82) is 0 Å². The Kier molecular flexibility index (Phi) is 5.70. The van der Waals surface area contributed by atoms with Crippen molar-refractivity contribution >= 4 is 21.8 Å². The number of pyridine rings is 2. The number of ether oxygens (including phenoxy) is 1. The van der Waals surface area contributed by atoms with E-state index in [4.69, 9.17) is 9.72 Å². The van der Waals surface area contributed by atoms with Gasteiger partial charge in [-0.25, -0.2) is 9.97 Å². The van der Waals surface area contributed by atoms with Gasteiger partial charge in [-0.2, -0.15) is 0 Å². The number of nitrogens with zero attached hydrogens (tertiary/aromatic N) is 3. The number of hydrogen-bond donors (Lipinski definition) is 0. The average molecular weight is 470 g/mol. The fraction of sp³-hybridized carbons (Fsp3) is 0.125. The van der Waals surface area contributed by atoms with Gasteiger partial charge in [-0.1, -0.05) is 56.3 Å². The molecular weight excluding hydrogens is 442 g/mol. The minimum atomic E-state index is 0.615. The Morgan fingerprint density at radius 3 is 2.25 bits per heavy atom. The first-order valence-electron chi connectivity index (χ1n) is 12.4. The Balaban J connectivity index is 1.47. The smallest absolute Gasteiger partial charge is 0.219 e. The number of benzene rings is 3. The molecule has 3 heterocycles. The lowest BCUT2D eigenvalue weighted by molar-refractivity contribution is 0.462. The van der Waals surface area contributed by atoms with Crippen LogP contribution in [0.5, 0.6) is 11.6 Å². The first-order valence-corrected chi connectivity index (χ1v) is 12.4. The average Bonchev–Trinajstić information content (AvgIpc) is 3.27. The van der Waals surface area contributed by atoms with Crippen molar-refractivity contribution in [2.24, 2.45) is 0 Å². The third kappa shape index (κ3) is 4.01. The summed E-state index contributed by atoms with van der Waals surface area (Å²) >= 11 is 0. The van der Waals surface area contributed by atoms with Gasteiger partial charge in [0, 0.05) is 29.2 Å². The van der Waals surface area contributed by atoms with Crippen LogP contribution in [0.4, 0.5) is 0 Å². The molecule has 36 heavy (non-hydrogen) atoms. The van der Waals surface area contributed by atoms with E-state index >= 15 is 0 Å². The SMILES string of the molecule is CCc1ccnc(Oc2cccc(-c3ccc4c5ccccc5n(-c5cc(CC)ccn5)c4c3)c2)c1. The zero-order valence-electron chi connectivity index (χ0n) is 20.5. The third-order valence-electron chi connectivity index (χ3n) is 6.72. The van der Waals surface area contributed by atoms with Gasteiger partial charge in [-0.05, 0) is 77.6 Å². The van der Waals surface area contributed by atoms with Crippen molar-refractivity contribution in [3.63, 3.8) is 0 Å². The van der Waals surface area contributed by atoms with Gasteiger partial charge in [0.15, 0.2) is 0 Å². The summed E-state index contributed by atoms with van der Waals surface area (Å²) in [6, 6.07) is 31.7. The molecule has 4 heteroatoms. The van der Waals surface area contributed by atoms with Crippen LogP contribution < -0.4 is 4.74 Å². The maximum absolute atomic E-state index is 6.11. The largest absolute Gasteiger partial charge is 0.439 e. The van der Waals surface area contributed by atoms with Crippen LogP contribution in [0.3, 0.4) is 0 Å². The van der Waals surface area contributed by atoms with Crippen molar-refractivity contribution in [3.8, 4) is 28.6 Å². The molecule has 176 valence electrons. The summed E-state index contributed by atoms with van der Waals surface area (Å²) in [5.74, 6) is 2.33. The Morgan fingerprint density at radius 1 is 0.639 bits per heavy atom. The normalized spacial score (nSPS) is 11.3. The van der Waals surface area contributed by atoms with Crippen LogP contribution >= 0.6 is 0 Å². The molecule has 0 bridgehead atoms. The van der Waals surface area contributed by atoms with Crippen LogP contribution in [0.1, 0.15) is 25.0 Å². The van der Waals surface area contributed by atoms with Gasteiger partial charge in [-0.15, -0.1) is 0 Å². The van der Waals surface area contributed by atoms with Crippen LogP contribution in [0, 0.1) is 0 Å². The first-order chi connectivity index (χ1) is 17.7. The van der Waals surface area contributed by atoms with Crippen LogP contribution in [-0.4, -0.2) is 14.5 Å². The molecule has 4 nitrogen and oxygen atoms in total. The number of aromatic nitrogens is 3. The summed E-state index contributed by atoms with van der Waals surface area (Å²) < 4.78 is 8.38. The second-order valence-electron chi connectivity index (χ2n) is 8.95. The fourth-order valence-electron chi connectivity index (χ4n) is 4.79. The Bertz CT molecular complexity index is 1700. The van der Waals surface area contributed by atoms with Gasteiger partial charge in [0.2, 0.25) is 5.88 Å². The predicted molar refractivity (Wildman–Crippen MR) is 147 cm³/mol. The summed E-state index contributed by atoms with van der Waals surface area (Å²) in [7, 11) is 0. The van der Waals surface area contributed by atoms with Gasteiger partial charge in [0.05, 0.1) is 11.0 Å². The summed E-state index contributed by atoms with van der Waals surface area (Å²) in [6.07, 6.45) is 5.62. The monoisotopic (exact) mass is 469 g/mol. The topological polar surface area (TPSA) is 39.9 Å². The highest BCUT2D eigenvalue weighted by atomic mass is 16.5. The zero-order valence-corrected chi connectivity index (χ0v) is 20.5. The number of hydrogen-bond acceptors (Lipinski definition) is 3.